The second kappa shape index (κ2) is 9.13. The summed E-state index contributed by atoms with van der Waals surface area (Å²) in [6, 6.07) is 2.11. The molecule has 0 radical (unpaired) electrons. The highest BCUT2D eigenvalue weighted by atomic mass is 32.2. The molecule has 3 rings (SSSR count). The van der Waals surface area contributed by atoms with Gasteiger partial charge in [0.1, 0.15) is 17.2 Å². The number of hydrogen-bond acceptors (Lipinski definition) is 7. The van der Waals surface area contributed by atoms with Crippen molar-refractivity contribution >= 4 is 35.6 Å². The maximum absolute atomic E-state index is 12.4. The van der Waals surface area contributed by atoms with Gasteiger partial charge in [-0.2, -0.15) is 0 Å². The number of carbonyl (C=O) groups excluding carboxylic acids is 4. The van der Waals surface area contributed by atoms with E-state index in [4.69, 9.17) is 9.15 Å². The van der Waals surface area contributed by atoms with E-state index in [1.807, 2.05) is 0 Å². The van der Waals surface area contributed by atoms with Crippen LogP contribution >= 0.6 is 11.8 Å². The maximum atomic E-state index is 12.4. The minimum Gasteiger partial charge on any atom is -0.466 e. The molecule has 9 nitrogen and oxygen atoms in total. The second-order valence-electron chi connectivity index (χ2n) is 6.75. The summed E-state index contributed by atoms with van der Waals surface area (Å²) in [6.07, 6.45) is 5.41. The summed E-state index contributed by atoms with van der Waals surface area (Å²) in [5, 5.41) is 4.45. The molecule has 2 atom stereocenters. The lowest BCUT2D eigenvalue weighted by Gasteiger charge is -2.25. The molecule has 1 aliphatic heterocycles. The van der Waals surface area contributed by atoms with Crippen LogP contribution in [-0.2, 0) is 19.1 Å². The zero-order valence-electron chi connectivity index (χ0n) is 15.5. The van der Waals surface area contributed by atoms with Gasteiger partial charge < -0.3 is 19.4 Å². The van der Waals surface area contributed by atoms with Gasteiger partial charge in [-0.3, -0.25) is 14.9 Å². The molecule has 1 aliphatic carbocycles. The van der Waals surface area contributed by atoms with Crippen LogP contribution in [0.3, 0.4) is 0 Å². The number of ether oxygens (including phenoxy) is 1. The Hall–Kier alpha value is -2.49. The Morgan fingerprint density at radius 1 is 1.29 bits per heavy atom. The first-order chi connectivity index (χ1) is 13.5. The second-order valence-corrected chi connectivity index (χ2v) is 7.87. The number of nitrogens with one attached hydrogen (secondary N) is 2. The number of thioether (sulfide) groups is 1. The smallest absolute Gasteiger partial charge is 0.330 e. The first-order valence-electron chi connectivity index (χ1n) is 9.16. The van der Waals surface area contributed by atoms with E-state index >= 15 is 0 Å². The summed E-state index contributed by atoms with van der Waals surface area (Å²) in [6.45, 7) is 0.775. The van der Waals surface area contributed by atoms with Crippen molar-refractivity contribution in [3.63, 3.8) is 0 Å². The van der Waals surface area contributed by atoms with Gasteiger partial charge >= 0.3 is 12.0 Å². The molecule has 28 heavy (non-hydrogen) atoms. The van der Waals surface area contributed by atoms with Gasteiger partial charge in [0, 0.05) is 18.7 Å². The standard InChI is InChI=1S/C18H23N3O6S/c1-11(22)21-13(10-28-16(21)14-7-4-8-26-14)17(24)27-9-15(23)20-18(25)19-12-5-2-3-6-12/h4,7-8,12-13,16H,2-3,5-6,9-10H2,1H3,(H2,19,20,23,25)/t13-,16+/m1/s1. The Balaban J connectivity index is 1.49. The third kappa shape index (κ3) is 4.86. The first-order valence-corrected chi connectivity index (χ1v) is 10.2. The molecule has 2 heterocycles. The van der Waals surface area contributed by atoms with Crippen molar-refractivity contribution in [3.8, 4) is 0 Å². The van der Waals surface area contributed by atoms with Crippen LogP contribution in [0.5, 0.6) is 0 Å². The van der Waals surface area contributed by atoms with Gasteiger partial charge in [-0.1, -0.05) is 12.8 Å². The average Bonchev–Trinajstić information content (AvgIpc) is 3.38. The molecule has 152 valence electrons. The van der Waals surface area contributed by atoms with E-state index in [0.717, 1.165) is 25.7 Å². The Labute approximate surface area is 166 Å². The molecule has 0 bridgehead atoms. The van der Waals surface area contributed by atoms with E-state index in [0.29, 0.717) is 11.5 Å². The van der Waals surface area contributed by atoms with E-state index in [9.17, 15) is 19.2 Å². The van der Waals surface area contributed by atoms with Crippen LogP contribution < -0.4 is 10.6 Å². The highest BCUT2D eigenvalue weighted by Gasteiger charge is 2.43. The summed E-state index contributed by atoms with van der Waals surface area (Å²) in [5.41, 5.74) is 0. The van der Waals surface area contributed by atoms with Gasteiger partial charge in [-0.25, -0.2) is 9.59 Å². The number of rotatable bonds is 5. The predicted octanol–water partition coefficient (Wildman–Crippen LogP) is 1.55. The Morgan fingerprint density at radius 3 is 2.68 bits per heavy atom. The molecule has 1 aromatic rings. The summed E-state index contributed by atoms with van der Waals surface area (Å²) < 4.78 is 10.4. The molecular formula is C18H23N3O6S. The van der Waals surface area contributed by atoms with E-state index < -0.39 is 35.9 Å². The lowest BCUT2D eigenvalue weighted by atomic mass is 10.2. The zero-order chi connectivity index (χ0) is 20.1. The normalized spacial score (nSPS) is 22.1. The average molecular weight is 409 g/mol. The van der Waals surface area contributed by atoms with Crippen LogP contribution in [0.15, 0.2) is 22.8 Å². The van der Waals surface area contributed by atoms with Gasteiger partial charge in [0.05, 0.1) is 6.26 Å². The highest BCUT2D eigenvalue weighted by Crippen LogP contribution is 2.41. The van der Waals surface area contributed by atoms with E-state index in [-0.39, 0.29) is 11.9 Å². The van der Waals surface area contributed by atoms with Crippen molar-refractivity contribution in [2.24, 2.45) is 0 Å². The fourth-order valence-electron chi connectivity index (χ4n) is 3.41. The maximum Gasteiger partial charge on any atom is 0.330 e. The molecule has 0 spiro atoms. The number of amides is 4. The number of furan rings is 1. The molecule has 1 saturated heterocycles. The van der Waals surface area contributed by atoms with Crippen molar-refractivity contribution in [1.82, 2.24) is 15.5 Å². The first kappa shape index (κ1) is 20.2. The van der Waals surface area contributed by atoms with E-state index in [1.165, 1.54) is 29.8 Å². The largest absolute Gasteiger partial charge is 0.466 e. The van der Waals surface area contributed by atoms with Gasteiger partial charge in [0.15, 0.2) is 6.61 Å². The van der Waals surface area contributed by atoms with E-state index in [1.54, 1.807) is 12.1 Å². The van der Waals surface area contributed by atoms with Crippen LogP contribution in [0.1, 0.15) is 43.7 Å². The van der Waals surface area contributed by atoms with Gasteiger partial charge in [-0.05, 0) is 25.0 Å². The van der Waals surface area contributed by atoms with Crippen LogP contribution in [0.4, 0.5) is 4.79 Å². The van der Waals surface area contributed by atoms with Gasteiger partial charge in [0.25, 0.3) is 5.91 Å². The molecule has 2 N–H and O–H groups in total. The lowest BCUT2D eigenvalue weighted by Crippen LogP contribution is -2.46. The van der Waals surface area contributed by atoms with Crippen molar-refractivity contribution in [2.75, 3.05) is 12.4 Å². The SMILES string of the molecule is CC(=O)N1[C@@H](C(=O)OCC(=O)NC(=O)NC2CCCC2)CS[C@H]1c1ccco1. The Morgan fingerprint density at radius 2 is 2.04 bits per heavy atom. The molecule has 0 aromatic carbocycles. The third-order valence-electron chi connectivity index (χ3n) is 4.71. The molecular weight excluding hydrogens is 386 g/mol. The van der Waals surface area contributed by atoms with Crippen LogP contribution in [-0.4, -0.2) is 53.2 Å². The molecule has 0 unspecified atom stereocenters. The highest BCUT2D eigenvalue weighted by molar-refractivity contribution is 7.99. The molecule has 4 amide bonds. The predicted molar refractivity (Wildman–Crippen MR) is 100 cm³/mol. The number of nitrogens with zero attached hydrogens (tertiary/aromatic N) is 1. The van der Waals surface area contributed by atoms with E-state index in [2.05, 4.69) is 10.6 Å². The lowest BCUT2D eigenvalue weighted by molar-refractivity contribution is -0.156. The minimum atomic E-state index is -0.822. The van der Waals surface area contributed by atoms with Crippen molar-refractivity contribution in [2.45, 2.75) is 50.1 Å². The number of carbonyl (C=O) groups is 4. The quantitative estimate of drug-likeness (QED) is 0.709. The Kier molecular flexibility index (Phi) is 6.61. The van der Waals surface area contributed by atoms with Crippen LogP contribution in [0.2, 0.25) is 0 Å². The summed E-state index contributed by atoms with van der Waals surface area (Å²) in [7, 11) is 0. The molecule has 10 heteroatoms. The summed E-state index contributed by atoms with van der Waals surface area (Å²) in [5.74, 6) is -0.812. The van der Waals surface area contributed by atoms with Crippen LogP contribution in [0, 0.1) is 0 Å². The van der Waals surface area contributed by atoms with Crippen molar-refractivity contribution in [1.29, 1.82) is 0 Å². The molecule has 1 aromatic heterocycles. The Bertz CT molecular complexity index is 732. The third-order valence-corrected chi connectivity index (χ3v) is 5.99. The zero-order valence-corrected chi connectivity index (χ0v) is 16.3. The van der Waals surface area contributed by atoms with Crippen LogP contribution in [0.25, 0.3) is 0 Å². The van der Waals surface area contributed by atoms with Crippen molar-refractivity contribution < 1.29 is 28.3 Å². The fourth-order valence-corrected chi connectivity index (χ4v) is 4.83. The monoisotopic (exact) mass is 409 g/mol. The van der Waals surface area contributed by atoms with Crippen molar-refractivity contribution in [3.05, 3.63) is 24.2 Å². The fraction of sp³-hybridized carbons (Fsp3) is 0.556. The minimum absolute atomic E-state index is 0.0773. The summed E-state index contributed by atoms with van der Waals surface area (Å²) >= 11 is 1.38. The number of esters is 1. The molecule has 2 fully saturated rings. The number of hydrogen-bond donors (Lipinski definition) is 2. The topological polar surface area (TPSA) is 118 Å². The molecule has 1 saturated carbocycles. The van der Waals surface area contributed by atoms with Gasteiger partial charge in [0.2, 0.25) is 5.91 Å². The van der Waals surface area contributed by atoms with Gasteiger partial charge in [-0.15, -0.1) is 11.8 Å². The molecule has 2 aliphatic rings. The summed E-state index contributed by atoms with van der Waals surface area (Å²) in [4.78, 5) is 49.5. The number of imide groups is 1. The number of urea groups is 1.